The molecule has 2 N–H and O–H groups in total. The van der Waals surface area contributed by atoms with E-state index in [4.69, 9.17) is 5.73 Å². The van der Waals surface area contributed by atoms with Gasteiger partial charge in [-0.25, -0.2) is 4.79 Å². The van der Waals surface area contributed by atoms with E-state index in [1.54, 1.807) is 0 Å². The van der Waals surface area contributed by atoms with Crippen molar-refractivity contribution in [3.8, 4) is 0 Å². The second-order valence-electron chi connectivity index (χ2n) is 4.23. The number of rotatable bonds is 4. The van der Waals surface area contributed by atoms with E-state index >= 15 is 0 Å². The normalized spacial score (nSPS) is 18.1. The second kappa shape index (κ2) is 5.07. The van der Waals surface area contributed by atoms with Crippen molar-refractivity contribution in [2.24, 2.45) is 11.7 Å². The molecule has 1 aliphatic heterocycles. The van der Waals surface area contributed by atoms with Gasteiger partial charge in [-0.3, -0.25) is 9.59 Å². The highest BCUT2D eigenvalue weighted by molar-refractivity contribution is 6.01. The van der Waals surface area contributed by atoms with Crippen LogP contribution in [0.5, 0.6) is 0 Å². The van der Waals surface area contributed by atoms with Crippen LogP contribution >= 0.6 is 0 Å². The minimum Gasteiger partial charge on any atom is -0.329 e. The van der Waals surface area contributed by atoms with Gasteiger partial charge in [0.05, 0.1) is 0 Å². The number of hydrogen-bond acceptors (Lipinski definition) is 5. The average molecular weight is 228 g/mol. The molecule has 0 radical (unpaired) electrons. The Balaban J connectivity index is 2.50. The third-order valence-corrected chi connectivity index (χ3v) is 2.22. The largest absolute Gasteiger partial charge is 0.349 e. The van der Waals surface area contributed by atoms with E-state index in [1.807, 2.05) is 13.8 Å². The van der Waals surface area contributed by atoms with Gasteiger partial charge in [-0.15, -0.1) is 5.06 Å². The molecule has 0 aromatic rings. The molecule has 1 atom stereocenters. The van der Waals surface area contributed by atoms with Crippen molar-refractivity contribution in [1.82, 2.24) is 5.06 Å². The van der Waals surface area contributed by atoms with Crippen molar-refractivity contribution >= 4 is 17.8 Å². The molecule has 16 heavy (non-hydrogen) atoms. The van der Waals surface area contributed by atoms with Gasteiger partial charge in [0.15, 0.2) is 0 Å². The Morgan fingerprint density at radius 2 is 1.88 bits per heavy atom. The fourth-order valence-electron chi connectivity index (χ4n) is 1.42. The van der Waals surface area contributed by atoms with Gasteiger partial charge < -0.3 is 10.6 Å². The summed E-state index contributed by atoms with van der Waals surface area (Å²) in [6.45, 7) is 3.83. The number of carbonyl (C=O) groups is 3. The van der Waals surface area contributed by atoms with Crippen molar-refractivity contribution in [1.29, 1.82) is 0 Å². The first-order chi connectivity index (χ1) is 7.41. The molecule has 1 fully saturated rings. The van der Waals surface area contributed by atoms with E-state index in [-0.39, 0.29) is 18.8 Å². The summed E-state index contributed by atoms with van der Waals surface area (Å²) in [4.78, 5) is 38.4. The number of imide groups is 1. The van der Waals surface area contributed by atoms with Crippen LogP contribution in [0.2, 0.25) is 0 Å². The molecule has 6 nitrogen and oxygen atoms in total. The molecule has 0 saturated carbocycles. The summed E-state index contributed by atoms with van der Waals surface area (Å²) in [6, 6.07) is -0.804. The summed E-state index contributed by atoms with van der Waals surface area (Å²) in [5.74, 6) is -1.48. The number of amides is 2. The van der Waals surface area contributed by atoms with E-state index in [0.717, 1.165) is 0 Å². The lowest BCUT2D eigenvalue weighted by atomic mass is 10.1. The first kappa shape index (κ1) is 12.6. The fourth-order valence-corrected chi connectivity index (χ4v) is 1.42. The lowest BCUT2D eigenvalue weighted by molar-refractivity contribution is -0.198. The maximum Gasteiger partial charge on any atom is 0.349 e. The lowest BCUT2D eigenvalue weighted by Gasteiger charge is -2.17. The Morgan fingerprint density at radius 3 is 2.31 bits per heavy atom. The monoisotopic (exact) mass is 228 g/mol. The SMILES string of the molecule is CC(C)C[C@@H](N)C(=O)ON1C(=O)CCC1=O. The number of hydroxylamine groups is 2. The van der Waals surface area contributed by atoms with E-state index in [1.165, 1.54) is 0 Å². The molecule has 0 aromatic heterocycles. The zero-order chi connectivity index (χ0) is 12.3. The Kier molecular flexibility index (Phi) is 4.00. The van der Waals surface area contributed by atoms with Crippen molar-refractivity contribution in [3.63, 3.8) is 0 Å². The molecule has 90 valence electrons. The van der Waals surface area contributed by atoms with Crippen LogP contribution in [-0.4, -0.2) is 28.9 Å². The highest BCUT2D eigenvalue weighted by atomic mass is 16.7. The van der Waals surface area contributed by atoms with Gasteiger partial charge in [0.25, 0.3) is 11.8 Å². The van der Waals surface area contributed by atoms with Gasteiger partial charge in [-0.2, -0.15) is 0 Å². The van der Waals surface area contributed by atoms with Gasteiger partial charge in [0, 0.05) is 12.8 Å². The number of carbonyl (C=O) groups excluding carboxylic acids is 3. The van der Waals surface area contributed by atoms with Gasteiger partial charge >= 0.3 is 5.97 Å². The van der Waals surface area contributed by atoms with Gasteiger partial charge in [0.2, 0.25) is 0 Å². The lowest BCUT2D eigenvalue weighted by Crippen LogP contribution is -2.40. The zero-order valence-corrected chi connectivity index (χ0v) is 9.43. The van der Waals surface area contributed by atoms with Gasteiger partial charge in [0.1, 0.15) is 6.04 Å². The average Bonchev–Trinajstić information content (AvgIpc) is 2.48. The topological polar surface area (TPSA) is 89.7 Å². The van der Waals surface area contributed by atoms with Gasteiger partial charge in [-0.1, -0.05) is 13.8 Å². The van der Waals surface area contributed by atoms with E-state index in [2.05, 4.69) is 4.84 Å². The molecule has 0 aromatic carbocycles. The minimum absolute atomic E-state index is 0.0888. The van der Waals surface area contributed by atoms with Crippen LogP contribution in [0.1, 0.15) is 33.1 Å². The molecule has 2 amide bonds. The van der Waals surface area contributed by atoms with Crippen LogP contribution in [-0.2, 0) is 19.2 Å². The fraction of sp³-hybridized carbons (Fsp3) is 0.700. The quantitative estimate of drug-likeness (QED) is 0.682. The van der Waals surface area contributed by atoms with Crippen LogP contribution in [0.25, 0.3) is 0 Å². The predicted octanol–water partition coefficient (Wildman–Crippen LogP) is -0.0330. The third-order valence-electron chi connectivity index (χ3n) is 2.22. The third kappa shape index (κ3) is 3.03. The van der Waals surface area contributed by atoms with Crippen molar-refractivity contribution in [2.45, 2.75) is 39.2 Å². The molecule has 0 bridgehead atoms. The molecule has 1 rings (SSSR count). The van der Waals surface area contributed by atoms with Crippen molar-refractivity contribution < 1.29 is 19.2 Å². The number of hydrogen-bond donors (Lipinski definition) is 1. The minimum atomic E-state index is -0.804. The summed E-state index contributed by atoms with van der Waals surface area (Å²) in [6.07, 6.45) is 0.631. The molecular weight excluding hydrogens is 212 g/mol. The molecule has 1 heterocycles. The first-order valence-electron chi connectivity index (χ1n) is 5.25. The molecule has 0 aliphatic carbocycles. The smallest absolute Gasteiger partial charge is 0.329 e. The van der Waals surface area contributed by atoms with Crippen LogP contribution in [0.4, 0.5) is 0 Å². The Morgan fingerprint density at radius 1 is 1.38 bits per heavy atom. The highest BCUT2D eigenvalue weighted by Crippen LogP contribution is 2.13. The highest BCUT2D eigenvalue weighted by Gasteiger charge is 2.34. The van der Waals surface area contributed by atoms with E-state index in [0.29, 0.717) is 11.5 Å². The number of nitrogens with zero attached hydrogens (tertiary/aromatic N) is 1. The number of nitrogens with two attached hydrogens (primary N) is 1. The summed E-state index contributed by atoms with van der Waals surface area (Å²) >= 11 is 0. The Hall–Kier alpha value is -1.43. The molecular formula is C10H16N2O4. The standard InChI is InChI=1S/C10H16N2O4/c1-6(2)5-7(11)10(15)16-12-8(13)3-4-9(12)14/h6-7H,3-5,11H2,1-2H3/t7-/m1/s1. The van der Waals surface area contributed by atoms with Crippen LogP contribution in [0.15, 0.2) is 0 Å². The van der Waals surface area contributed by atoms with Crippen LogP contribution in [0.3, 0.4) is 0 Å². The first-order valence-corrected chi connectivity index (χ1v) is 5.25. The summed E-state index contributed by atoms with van der Waals surface area (Å²) in [5.41, 5.74) is 5.56. The van der Waals surface area contributed by atoms with Crippen molar-refractivity contribution in [3.05, 3.63) is 0 Å². The summed E-state index contributed by atoms with van der Waals surface area (Å²) in [5, 5.41) is 0.516. The predicted molar refractivity (Wildman–Crippen MR) is 54.6 cm³/mol. The molecule has 1 saturated heterocycles. The summed E-state index contributed by atoms with van der Waals surface area (Å²) < 4.78 is 0. The van der Waals surface area contributed by atoms with E-state index < -0.39 is 23.8 Å². The maximum absolute atomic E-state index is 11.4. The molecule has 6 heteroatoms. The molecule has 0 unspecified atom stereocenters. The summed E-state index contributed by atoms with van der Waals surface area (Å²) in [7, 11) is 0. The Bertz CT molecular complexity index is 298. The van der Waals surface area contributed by atoms with Crippen LogP contribution < -0.4 is 5.73 Å². The molecule has 0 spiro atoms. The Labute approximate surface area is 93.7 Å². The van der Waals surface area contributed by atoms with Gasteiger partial charge in [-0.05, 0) is 12.3 Å². The second-order valence-corrected chi connectivity index (χ2v) is 4.23. The molecule has 1 aliphatic rings. The zero-order valence-electron chi connectivity index (χ0n) is 9.43. The maximum atomic E-state index is 11.4. The van der Waals surface area contributed by atoms with Crippen LogP contribution in [0, 0.1) is 5.92 Å². The van der Waals surface area contributed by atoms with E-state index in [9.17, 15) is 14.4 Å². The van der Waals surface area contributed by atoms with Crippen molar-refractivity contribution in [2.75, 3.05) is 0 Å².